The third kappa shape index (κ3) is 1.38. The number of cyclic esters (lactones) is 1. The summed E-state index contributed by atoms with van der Waals surface area (Å²) in [5.74, 6) is 0.536. The highest BCUT2D eigenvalue weighted by atomic mass is 16.6. The van der Waals surface area contributed by atoms with E-state index in [1.165, 1.54) is 12.8 Å². The van der Waals surface area contributed by atoms with Crippen LogP contribution in [0, 0.1) is 0 Å². The van der Waals surface area contributed by atoms with E-state index in [0.717, 1.165) is 11.4 Å². The predicted molar refractivity (Wildman–Crippen MR) is 63.7 cm³/mol. The van der Waals surface area contributed by atoms with Crippen LogP contribution in [0.1, 0.15) is 24.5 Å². The van der Waals surface area contributed by atoms with Crippen molar-refractivity contribution >= 4 is 17.4 Å². The number of ether oxygens (including phenoxy) is 1. The Morgan fingerprint density at radius 1 is 1.39 bits per heavy atom. The number of amides is 1. The lowest BCUT2D eigenvalue weighted by atomic mass is 10.2. The zero-order chi connectivity index (χ0) is 12.1. The van der Waals surface area contributed by atoms with Crippen molar-refractivity contribution < 1.29 is 9.53 Å². The average Bonchev–Trinajstić information content (AvgIpc) is 2.97. The summed E-state index contributed by atoms with van der Waals surface area (Å²) in [5.41, 5.74) is 2.55. The van der Waals surface area contributed by atoms with Crippen molar-refractivity contribution in [2.45, 2.75) is 18.8 Å². The smallest absolute Gasteiger partial charge is 0.414 e. The first-order valence-electron chi connectivity index (χ1n) is 6.11. The van der Waals surface area contributed by atoms with Gasteiger partial charge in [0.15, 0.2) is 5.65 Å². The van der Waals surface area contributed by atoms with Crippen LogP contribution in [-0.4, -0.2) is 33.8 Å². The van der Waals surface area contributed by atoms with Gasteiger partial charge in [-0.3, -0.25) is 4.90 Å². The van der Waals surface area contributed by atoms with E-state index in [1.807, 2.05) is 12.3 Å². The Morgan fingerprint density at radius 3 is 3.00 bits per heavy atom. The lowest BCUT2D eigenvalue weighted by molar-refractivity contribution is 0.181. The number of fused-ring (bicyclic) bond motifs is 1. The monoisotopic (exact) mass is 244 g/mol. The second-order valence-electron chi connectivity index (χ2n) is 4.69. The standard InChI is InChI=1S/C12H12N4O2/c17-12-15(5-6-18-12)10-7-9(8-1-2-8)14-16-4-3-13-11(10)16/h3-4,7-8H,1-2,5-6H2. The summed E-state index contributed by atoms with van der Waals surface area (Å²) in [6.07, 6.45) is 5.57. The van der Waals surface area contributed by atoms with Crippen molar-refractivity contribution in [2.75, 3.05) is 18.1 Å². The molecule has 18 heavy (non-hydrogen) atoms. The van der Waals surface area contributed by atoms with Crippen molar-refractivity contribution in [1.82, 2.24) is 14.6 Å². The molecule has 6 nitrogen and oxygen atoms in total. The van der Waals surface area contributed by atoms with Gasteiger partial charge in [0.2, 0.25) is 0 Å². The van der Waals surface area contributed by atoms with Crippen molar-refractivity contribution in [3.05, 3.63) is 24.2 Å². The molecule has 3 heterocycles. The molecule has 1 aliphatic carbocycles. The maximum absolute atomic E-state index is 11.7. The number of carbonyl (C=O) groups excluding carboxylic acids is 1. The summed E-state index contributed by atoms with van der Waals surface area (Å²) in [4.78, 5) is 17.6. The third-order valence-electron chi connectivity index (χ3n) is 3.41. The summed E-state index contributed by atoms with van der Waals surface area (Å²) in [6.45, 7) is 1.02. The van der Waals surface area contributed by atoms with Gasteiger partial charge in [-0.2, -0.15) is 5.10 Å². The second-order valence-corrected chi connectivity index (χ2v) is 4.69. The number of carbonyl (C=O) groups is 1. The Hall–Kier alpha value is -2.11. The fraction of sp³-hybridized carbons (Fsp3) is 0.417. The number of anilines is 1. The van der Waals surface area contributed by atoms with E-state index < -0.39 is 0 Å². The molecule has 92 valence electrons. The van der Waals surface area contributed by atoms with Crippen LogP contribution in [0.15, 0.2) is 18.5 Å². The molecule has 4 rings (SSSR count). The minimum atomic E-state index is -0.298. The number of imidazole rings is 1. The summed E-state index contributed by atoms with van der Waals surface area (Å²) >= 11 is 0. The Kier molecular flexibility index (Phi) is 1.89. The molecule has 1 saturated heterocycles. The van der Waals surface area contributed by atoms with E-state index >= 15 is 0 Å². The van der Waals surface area contributed by atoms with Gasteiger partial charge in [0.25, 0.3) is 0 Å². The molecule has 2 aromatic heterocycles. The first-order chi connectivity index (χ1) is 8.83. The topological polar surface area (TPSA) is 59.7 Å². The molecule has 0 unspecified atom stereocenters. The SMILES string of the molecule is O=C1OCCN1c1cc(C2CC2)nn2ccnc12. The van der Waals surface area contributed by atoms with Crippen LogP contribution in [0.4, 0.5) is 10.5 Å². The number of nitrogens with zero attached hydrogens (tertiary/aromatic N) is 4. The number of rotatable bonds is 2. The van der Waals surface area contributed by atoms with Gasteiger partial charge in [-0.1, -0.05) is 0 Å². The Balaban J connectivity index is 1.90. The minimum Gasteiger partial charge on any atom is -0.447 e. The van der Waals surface area contributed by atoms with Gasteiger partial charge >= 0.3 is 6.09 Å². The van der Waals surface area contributed by atoms with Crippen molar-refractivity contribution in [3.8, 4) is 0 Å². The third-order valence-corrected chi connectivity index (χ3v) is 3.41. The quantitative estimate of drug-likeness (QED) is 0.804. The molecule has 0 aromatic carbocycles. The number of hydrogen-bond acceptors (Lipinski definition) is 4. The molecule has 2 aromatic rings. The molecule has 0 N–H and O–H groups in total. The van der Waals surface area contributed by atoms with Crippen LogP contribution < -0.4 is 4.90 Å². The van der Waals surface area contributed by atoms with E-state index in [2.05, 4.69) is 10.1 Å². The molecular weight excluding hydrogens is 232 g/mol. The molecule has 2 fully saturated rings. The second kappa shape index (κ2) is 3.44. The van der Waals surface area contributed by atoms with Crippen LogP contribution in [0.5, 0.6) is 0 Å². The van der Waals surface area contributed by atoms with E-state index in [9.17, 15) is 4.79 Å². The van der Waals surface area contributed by atoms with Crippen LogP contribution >= 0.6 is 0 Å². The molecule has 0 spiro atoms. The van der Waals surface area contributed by atoms with E-state index in [4.69, 9.17) is 4.74 Å². The molecule has 6 heteroatoms. The lowest BCUT2D eigenvalue weighted by Crippen LogP contribution is -2.24. The van der Waals surface area contributed by atoms with Crippen LogP contribution in [0.2, 0.25) is 0 Å². The fourth-order valence-electron chi connectivity index (χ4n) is 2.31. The molecule has 1 amide bonds. The molecule has 1 aliphatic heterocycles. The normalized spacial score (nSPS) is 19.6. The van der Waals surface area contributed by atoms with Crippen molar-refractivity contribution in [2.24, 2.45) is 0 Å². The molecule has 0 atom stereocenters. The Bertz CT molecular complexity index is 632. The largest absolute Gasteiger partial charge is 0.447 e. The fourth-order valence-corrected chi connectivity index (χ4v) is 2.31. The van der Waals surface area contributed by atoms with E-state index in [1.54, 1.807) is 15.6 Å². The zero-order valence-corrected chi connectivity index (χ0v) is 9.74. The van der Waals surface area contributed by atoms with Crippen LogP contribution in [0.25, 0.3) is 5.65 Å². The lowest BCUT2D eigenvalue weighted by Gasteiger charge is -2.14. The summed E-state index contributed by atoms with van der Waals surface area (Å²) in [6, 6.07) is 1.98. The van der Waals surface area contributed by atoms with Crippen LogP contribution in [0.3, 0.4) is 0 Å². The highest BCUT2D eigenvalue weighted by molar-refractivity contribution is 5.93. The highest BCUT2D eigenvalue weighted by Crippen LogP contribution is 2.40. The predicted octanol–water partition coefficient (Wildman–Crippen LogP) is 1.56. The van der Waals surface area contributed by atoms with E-state index in [-0.39, 0.29) is 6.09 Å². The molecular formula is C12H12N4O2. The van der Waals surface area contributed by atoms with Gasteiger partial charge in [0, 0.05) is 18.3 Å². The summed E-state index contributed by atoms with van der Waals surface area (Å²) in [5, 5.41) is 4.53. The molecule has 2 aliphatic rings. The summed E-state index contributed by atoms with van der Waals surface area (Å²) < 4.78 is 6.74. The molecule has 1 saturated carbocycles. The summed E-state index contributed by atoms with van der Waals surface area (Å²) in [7, 11) is 0. The minimum absolute atomic E-state index is 0.298. The first kappa shape index (κ1) is 9.87. The van der Waals surface area contributed by atoms with Gasteiger partial charge in [0.1, 0.15) is 6.61 Å². The van der Waals surface area contributed by atoms with E-state index in [0.29, 0.717) is 24.7 Å². The van der Waals surface area contributed by atoms with Gasteiger partial charge in [-0.15, -0.1) is 0 Å². The number of hydrogen-bond donors (Lipinski definition) is 0. The maximum atomic E-state index is 11.7. The number of aromatic nitrogens is 3. The Labute approximate surface area is 103 Å². The first-order valence-corrected chi connectivity index (χ1v) is 6.11. The average molecular weight is 244 g/mol. The zero-order valence-electron chi connectivity index (χ0n) is 9.74. The Morgan fingerprint density at radius 2 is 2.28 bits per heavy atom. The van der Waals surface area contributed by atoms with Gasteiger partial charge in [-0.25, -0.2) is 14.3 Å². The van der Waals surface area contributed by atoms with Gasteiger partial charge in [-0.05, 0) is 18.9 Å². The van der Waals surface area contributed by atoms with Gasteiger partial charge < -0.3 is 4.74 Å². The van der Waals surface area contributed by atoms with Crippen LogP contribution in [-0.2, 0) is 4.74 Å². The molecule has 0 radical (unpaired) electrons. The molecule has 0 bridgehead atoms. The van der Waals surface area contributed by atoms with Crippen molar-refractivity contribution in [3.63, 3.8) is 0 Å². The van der Waals surface area contributed by atoms with Gasteiger partial charge in [0.05, 0.1) is 17.9 Å². The maximum Gasteiger partial charge on any atom is 0.414 e. The van der Waals surface area contributed by atoms with Crippen molar-refractivity contribution in [1.29, 1.82) is 0 Å². The highest BCUT2D eigenvalue weighted by Gasteiger charge is 2.30.